The Hall–Kier alpha value is -4.26. The fourth-order valence-corrected chi connectivity index (χ4v) is 7.41. The number of pyridine rings is 1. The maximum atomic E-state index is 16.2. The molecule has 7 nitrogen and oxygen atoms in total. The second kappa shape index (κ2) is 11.0. The van der Waals surface area contributed by atoms with Crippen LogP contribution in [-0.2, 0) is 4.79 Å². The van der Waals surface area contributed by atoms with Gasteiger partial charge in [-0.25, -0.2) is 13.8 Å². The molecule has 0 aliphatic carbocycles. The molecule has 0 radical (unpaired) electrons. The van der Waals surface area contributed by atoms with Gasteiger partial charge in [0.1, 0.15) is 24.1 Å². The minimum absolute atomic E-state index is 0.163. The second-order valence-corrected chi connectivity index (χ2v) is 12.2. The van der Waals surface area contributed by atoms with Gasteiger partial charge in [0.2, 0.25) is 5.88 Å². The summed E-state index contributed by atoms with van der Waals surface area (Å²) < 4.78 is 36.2. The van der Waals surface area contributed by atoms with Gasteiger partial charge in [0.15, 0.2) is 5.83 Å². The normalized spacial score (nSPS) is 21.4. The van der Waals surface area contributed by atoms with E-state index in [9.17, 15) is 14.4 Å². The van der Waals surface area contributed by atoms with Gasteiger partial charge in [-0.05, 0) is 62.0 Å². The van der Waals surface area contributed by atoms with Crippen molar-refractivity contribution in [1.29, 1.82) is 5.26 Å². The van der Waals surface area contributed by atoms with Crippen LogP contribution in [0.4, 0.5) is 14.5 Å². The smallest absolute Gasteiger partial charge is 0.282 e. The highest BCUT2D eigenvalue weighted by Crippen LogP contribution is 2.45. The number of likely N-dealkylation sites (N-methyl/N-ethyl adjacent to an activating group) is 1. The monoisotopic (exact) mass is 613 g/mol. The Morgan fingerprint density at radius 1 is 1.16 bits per heavy atom. The third kappa shape index (κ3) is 4.56. The first-order chi connectivity index (χ1) is 21.3. The number of nitriles is 1. The summed E-state index contributed by atoms with van der Waals surface area (Å²) in [6, 6.07) is 16.4. The summed E-state index contributed by atoms with van der Waals surface area (Å²) in [7, 11) is 2.05. The molecule has 10 heteroatoms. The van der Waals surface area contributed by atoms with E-state index in [1.54, 1.807) is 12.1 Å². The first-order valence-corrected chi connectivity index (χ1v) is 15.1. The largest absolute Gasteiger partial charge is 0.475 e. The van der Waals surface area contributed by atoms with E-state index < -0.39 is 17.6 Å². The van der Waals surface area contributed by atoms with Crippen LogP contribution in [0.5, 0.6) is 5.88 Å². The van der Waals surface area contributed by atoms with Crippen molar-refractivity contribution >= 4 is 44.9 Å². The van der Waals surface area contributed by atoms with Crippen molar-refractivity contribution in [3.05, 3.63) is 77.3 Å². The summed E-state index contributed by atoms with van der Waals surface area (Å²) in [6.07, 6.45) is 2.63. The van der Waals surface area contributed by atoms with E-state index in [1.807, 2.05) is 35.2 Å². The first kappa shape index (κ1) is 28.5. The highest BCUT2D eigenvalue weighted by atomic mass is 35.5. The second-order valence-electron chi connectivity index (χ2n) is 11.8. The van der Waals surface area contributed by atoms with E-state index >= 15 is 4.39 Å². The Kier molecular flexibility index (Phi) is 7.14. The molecule has 1 amide bonds. The third-order valence-electron chi connectivity index (χ3n) is 9.43. The molecule has 0 unspecified atom stereocenters. The molecule has 0 bridgehead atoms. The number of carbonyl (C=O) groups is 1. The molecule has 3 aliphatic heterocycles. The van der Waals surface area contributed by atoms with Gasteiger partial charge in [-0.1, -0.05) is 48.5 Å². The van der Waals surface area contributed by atoms with Crippen molar-refractivity contribution in [2.24, 2.45) is 0 Å². The predicted molar refractivity (Wildman–Crippen MR) is 167 cm³/mol. The molecule has 0 saturated carbocycles. The van der Waals surface area contributed by atoms with Gasteiger partial charge in [0.05, 0.1) is 23.3 Å². The molecule has 224 valence electrons. The highest BCUT2D eigenvalue weighted by Gasteiger charge is 2.50. The number of fused-ring (bicyclic) bond motifs is 3. The van der Waals surface area contributed by atoms with Crippen LogP contribution in [0.25, 0.3) is 32.8 Å². The zero-order valence-corrected chi connectivity index (χ0v) is 25.0. The minimum atomic E-state index is -0.994. The van der Waals surface area contributed by atoms with Gasteiger partial charge in [-0.15, -0.1) is 0 Å². The molecule has 3 saturated heterocycles. The van der Waals surface area contributed by atoms with E-state index in [-0.39, 0.29) is 29.6 Å². The van der Waals surface area contributed by atoms with Crippen molar-refractivity contribution in [2.75, 3.05) is 38.2 Å². The third-order valence-corrected chi connectivity index (χ3v) is 9.74. The number of likely N-dealkylation sites (tertiary alicyclic amines) is 2. The molecule has 4 aromatic rings. The summed E-state index contributed by atoms with van der Waals surface area (Å²) in [4.78, 5) is 23.0. The fraction of sp³-hybridized carbons (Fsp3) is 0.324. The minimum Gasteiger partial charge on any atom is -0.475 e. The van der Waals surface area contributed by atoms with E-state index in [0.29, 0.717) is 58.9 Å². The molecule has 44 heavy (non-hydrogen) atoms. The number of halogens is 3. The number of aromatic nitrogens is 1. The lowest BCUT2D eigenvalue weighted by Crippen LogP contribution is -2.63. The lowest BCUT2D eigenvalue weighted by Gasteiger charge is -2.48. The van der Waals surface area contributed by atoms with E-state index in [4.69, 9.17) is 21.3 Å². The Bertz CT molecular complexity index is 1890. The van der Waals surface area contributed by atoms with E-state index in [2.05, 4.69) is 24.6 Å². The Labute approximate surface area is 258 Å². The van der Waals surface area contributed by atoms with E-state index in [1.165, 1.54) is 11.0 Å². The van der Waals surface area contributed by atoms with Gasteiger partial charge in [-0.3, -0.25) is 4.79 Å². The van der Waals surface area contributed by atoms with Gasteiger partial charge in [-0.2, -0.15) is 5.26 Å². The number of amides is 1. The number of anilines is 1. The zero-order chi connectivity index (χ0) is 30.7. The topological polar surface area (TPSA) is 72.7 Å². The number of nitrogens with zero attached hydrogens (tertiary/aromatic N) is 5. The van der Waals surface area contributed by atoms with Crippen LogP contribution in [0.1, 0.15) is 24.8 Å². The number of carbonyl (C=O) groups excluding carboxylic acids is 1. The lowest BCUT2D eigenvalue weighted by atomic mass is 9.92. The number of benzene rings is 3. The standard InChI is InChI=1S/C34H30ClF2N5O2/c1-19(36)34(43)41-13-11-29-30(41)17-42(29)32-24-14-27(37)23(22-9-3-6-20-7-4-10-26(35)31(20)22)15-28(24)39-33(25(32)16-38)44-18-21-8-5-12-40(21)2/h3-4,6-7,9-10,14-15,21,29-30H,1,5,8,11-13,17-18H2,2H3/t21-,29+,30+/m0/s1. The number of rotatable bonds is 6. The van der Waals surface area contributed by atoms with Crippen molar-refractivity contribution in [3.63, 3.8) is 0 Å². The predicted octanol–water partition coefficient (Wildman–Crippen LogP) is 6.46. The molecule has 0 N–H and O–H groups in total. The Morgan fingerprint density at radius 2 is 1.95 bits per heavy atom. The van der Waals surface area contributed by atoms with Crippen LogP contribution in [0.2, 0.25) is 5.02 Å². The average Bonchev–Trinajstić information content (AvgIpc) is 3.57. The van der Waals surface area contributed by atoms with Crippen molar-refractivity contribution in [1.82, 2.24) is 14.8 Å². The Balaban J connectivity index is 1.37. The van der Waals surface area contributed by atoms with Crippen LogP contribution < -0.4 is 9.64 Å². The van der Waals surface area contributed by atoms with Crippen molar-refractivity contribution in [3.8, 4) is 23.1 Å². The molecule has 3 fully saturated rings. The molecular formula is C34H30ClF2N5O2. The van der Waals surface area contributed by atoms with Gasteiger partial charge in [0, 0.05) is 40.5 Å². The molecule has 3 atom stereocenters. The number of ether oxygens (including phenoxy) is 1. The summed E-state index contributed by atoms with van der Waals surface area (Å²) in [5.74, 6) is -2.00. The van der Waals surface area contributed by atoms with Crippen LogP contribution in [0.3, 0.4) is 0 Å². The maximum absolute atomic E-state index is 16.2. The zero-order valence-electron chi connectivity index (χ0n) is 24.2. The summed E-state index contributed by atoms with van der Waals surface area (Å²) in [5, 5.41) is 13.0. The maximum Gasteiger partial charge on any atom is 0.282 e. The molecular weight excluding hydrogens is 584 g/mol. The van der Waals surface area contributed by atoms with Crippen LogP contribution >= 0.6 is 11.6 Å². The van der Waals surface area contributed by atoms with Crippen LogP contribution in [-0.4, -0.2) is 72.1 Å². The molecule has 3 aliphatic rings. The fourth-order valence-electron chi connectivity index (χ4n) is 7.12. The summed E-state index contributed by atoms with van der Waals surface area (Å²) >= 11 is 6.60. The van der Waals surface area contributed by atoms with Gasteiger partial charge in [0.25, 0.3) is 5.91 Å². The number of hydrogen-bond donors (Lipinski definition) is 0. The average molecular weight is 614 g/mol. The van der Waals surface area contributed by atoms with Gasteiger partial charge < -0.3 is 19.4 Å². The quantitative estimate of drug-likeness (QED) is 0.232. The molecule has 4 heterocycles. The van der Waals surface area contributed by atoms with E-state index in [0.717, 1.165) is 30.2 Å². The molecule has 1 aromatic heterocycles. The van der Waals surface area contributed by atoms with Gasteiger partial charge >= 0.3 is 0 Å². The Morgan fingerprint density at radius 3 is 2.68 bits per heavy atom. The van der Waals surface area contributed by atoms with Crippen molar-refractivity contribution in [2.45, 2.75) is 37.4 Å². The molecule has 0 spiro atoms. The van der Waals surface area contributed by atoms with Crippen molar-refractivity contribution < 1.29 is 18.3 Å². The van der Waals surface area contributed by atoms with Crippen LogP contribution in [0.15, 0.2) is 60.9 Å². The summed E-state index contributed by atoms with van der Waals surface area (Å²) in [5.41, 5.74) is 2.18. The highest BCUT2D eigenvalue weighted by molar-refractivity contribution is 6.36. The molecule has 7 rings (SSSR count). The summed E-state index contributed by atoms with van der Waals surface area (Å²) in [6.45, 7) is 5.25. The lowest BCUT2D eigenvalue weighted by molar-refractivity contribution is -0.130. The van der Waals surface area contributed by atoms with Crippen LogP contribution in [0, 0.1) is 17.1 Å². The first-order valence-electron chi connectivity index (χ1n) is 14.8. The SMILES string of the molecule is C=C(F)C(=O)N1CC[C@@H]2[C@H]1CN2c1c(C#N)c(OC[C@@H]2CCCN2C)nc2cc(-c3cccc4cccc(Cl)c34)c(F)cc12. The number of hydrogen-bond acceptors (Lipinski definition) is 6. The molecule has 3 aromatic carbocycles.